The van der Waals surface area contributed by atoms with Crippen molar-refractivity contribution in [2.24, 2.45) is 0 Å². The standard InChI is InChI=1S/C6H4N2O2S/c9-11(10)7-5-3-1-2-4-6(5)8-11/h1,3-4,7H. The quantitative estimate of drug-likeness (QED) is 0.609. The molecule has 11 heavy (non-hydrogen) atoms. The average Bonchev–Trinajstić information content (AvgIpc) is 2.21. The maximum absolute atomic E-state index is 10.8. The Labute approximate surface area is 64.4 Å². The molecular weight excluding hydrogens is 164 g/mol. The zero-order valence-electron chi connectivity index (χ0n) is 5.40. The average molecular weight is 168 g/mol. The topological polar surface area (TPSA) is 60.3 Å². The van der Waals surface area contributed by atoms with E-state index in [1.54, 1.807) is 12.1 Å². The summed E-state index contributed by atoms with van der Waals surface area (Å²) in [7, 11) is -3.45. The van der Waals surface area contributed by atoms with E-state index in [1.807, 2.05) is 0 Å². The van der Waals surface area contributed by atoms with Crippen molar-refractivity contribution in [3.05, 3.63) is 24.3 Å². The minimum Gasteiger partial charge on any atom is -0.263 e. The summed E-state index contributed by atoms with van der Waals surface area (Å²) >= 11 is 0. The number of benzene rings is 1. The fraction of sp³-hybridized carbons (Fsp3) is 0. The lowest BCUT2D eigenvalue weighted by Crippen LogP contribution is -2.11. The van der Waals surface area contributed by atoms with Crippen LogP contribution in [-0.4, -0.2) is 8.42 Å². The van der Waals surface area contributed by atoms with Crippen LogP contribution in [0.3, 0.4) is 0 Å². The molecule has 0 amide bonds. The number of fused-ring (bicyclic) bond motifs is 1. The Hall–Kier alpha value is -1.23. The van der Waals surface area contributed by atoms with E-state index in [4.69, 9.17) is 0 Å². The van der Waals surface area contributed by atoms with Crippen molar-refractivity contribution in [2.45, 2.75) is 0 Å². The number of nitrogens with zero attached hydrogens (tertiary/aromatic N) is 1. The second-order valence-electron chi connectivity index (χ2n) is 2.11. The maximum atomic E-state index is 10.8. The molecule has 0 spiro atoms. The molecule has 0 unspecified atom stereocenters. The van der Waals surface area contributed by atoms with Crippen molar-refractivity contribution in [1.82, 2.24) is 4.72 Å². The van der Waals surface area contributed by atoms with Crippen LogP contribution in [-0.2, 0) is 10.2 Å². The van der Waals surface area contributed by atoms with Gasteiger partial charge in [0.25, 0.3) is 0 Å². The largest absolute Gasteiger partial charge is 0.342 e. The van der Waals surface area contributed by atoms with Crippen LogP contribution in [0.25, 0.3) is 0 Å². The van der Waals surface area contributed by atoms with Gasteiger partial charge >= 0.3 is 10.2 Å². The Morgan fingerprint density at radius 3 is 3.09 bits per heavy atom. The lowest BCUT2D eigenvalue weighted by atomic mass is 10.3. The highest BCUT2D eigenvalue weighted by Gasteiger charge is 2.23. The summed E-state index contributed by atoms with van der Waals surface area (Å²) in [4.78, 5) is 0. The van der Waals surface area contributed by atoms with Gasteiger partial charge in [0.1, 0.15) is 5.69 Å². The second kappa shape index (κ2) is 1.88. The molecule has 1 N–H and O–H groups in total. The minimum atomic E-state index is -3.45. The van der Waals surface area contributed by atoms with E-state index in [1.165, 1.54) is 6.07 Å². The van der Waals surface area contributed by atoms with E-state index >= 15 is 0 Å². The molecule has 1 aromatic rings. The molecule has 1 aliphatic heterocycles. The van der Waals surface area contributed by atoms with E-state index in [9.17, 15) is 8.42 Å². The summed E-state index contributed by atoms with van der Waals surface area (Å²) in [6.07, 6.45) is 0. The Balaban J connectivity index is 2.57. The van der Waals surface area contributed by atoms with Crippen LogP contribution >= 0.6 is 0 Å². The van der Waals surface area contributed by atoms with Gasteiger partial charge in [-0.15, -0.1) is 4.72 Å². The van der Waals surface area contributed by atoms with E-state index in [0.29, 0.717) is 11.4 Å². The van der Waals surface area contributed by atoms with Crippen molar-refractivity contribution >= 4 is 21.6 Å². The fourth-order valence-corrected chi connectivity index (χ4v) is 1.78. The number of anilines is 1. The van der Waals surface area contributed by atoms with E-state index in [-0.39, 0.29) is 0 Å². The molecule has 4 nitrogen and oxygen atoms in total. The molecule has 0 aliphatic carbocycles. The molecule has 5 heteroatoms. The first kappa shape index (κ1) is 6.48. The predicted octanol–water partition coefficient (Wildman–Crippen LogP) is 0.393. The summed E-state index contributed by atoms with van der Waals surface area (Å²) in [5, 5.41) is 0. The monoisotopic (exact) mass is 168 g/mol. The van der Waals surface area contributed by atoms with Crippen molar-refractivity contribution in [1.29, 1.82) is 0 Å². The van der Waals surface area contributed by atoms with Gasteiger partial charge in [0.15, 0.2) is 0 Å². The molecule has 1 aromatic carbocycles. The van der Waals surface area contributed by atoms with Crippen LogP contribution in [0.2, 0.25) is 0 Å². The molecule has 1 aliphatic rings. The second-order valence-corrected chi connectivity index (χ2v) is 3.45. The smallest absolute Gasteiger partial charge is 0.263 e. The summed E-state index contributed by atoms with van der Waals surface area (Å²) in [5.41, 5.74) is 0.941. The van der Waals surface area contributed by atoms with Gasteiger partial charge in [0, 0.05) is 0 Å². The summed E-state index contributed by atoms with van der Waals surface area (Å²) < 4.78 is 27.3. The molecule has 0 atom stereocenters. The van der Waals surface area contributed by atoms with Crippen LogP contribution in [0.4, 0.5) is 11.4 Å². The zero-order chi connectivity index (χ0) is 7.90. The maximum Gasteiger partial charge on any atom is 0.342 e. The molecule has 1 heterocycles. The lowest BCUT2D eigenvalue weighted by Gasteiger charge is -1.89. The first-order valence-corrected chi connectivity index (χ1v) is 4.37. The number of nitrogens with one attached hydrogen (secondary N) is 1. The fourth-order valence-electron chi connectivity index (χ4n) is 0.875. The first-order valence-electron chi connectivity index (χ1n) is 2.93. The normalized spacial score (nSPS) is 18.2. The molecule has 56 valence electrons. The van der Waals surface area contributed by atoms with Gasteiger partial charge in [-0.2, -0.15) is 8.42 Å². The molecular formula is C6H4N2O2S. The lowest BCUT2D eigenvalue weighted by molar-refractivity contribution is 0.598. The SMILES string of the molecule is O=S1(=O)[N]c2c[c]ccc2N1. The highest BCUT2D eigenvalue weighted by molar-refractivity contribution is 7.91. The van der Waals surface area contributed by atoms with E-state index in [2.05, 4.69) is 15.5 Å². The third-order valence-corrected chi connectivity index (χ3v) is 2.21. The van der Waals surface area contributed by atoms with Crippen LogP contribution in [0.5, 0.6) is 0 Å². The van der Waals surface area contributed by atoms with Gasteiger partial charge in [-0.05, 0) is 18.2 Å². The van der Waals surface area contributed by atoms with E-state index in [0.717, 1.165) is 0 Å². The van der Waals surface area contributed by atoms with E-state index < -0.39 is 10.2 Å². The van der Waals surface area contributed by atoms with Crippen LogP contribution in [0.15, 0.2) is 18.2 Å². The van der Waals surface area contributed by atoms with Gasteiger partial charge in [-0.1, -0.05) is 6.07 Å². The van der Waals surface area contributed by atoms with Crippen molar-refractivity contribution in [2.75, 3.05) is 4.72 Å². The van der Waals surface area contributed by atoms with Gasteiger partial charge in [-0.25, -0.2) is 0 Å². The highest BCUT2D eigenvalue weighted by atomic mass is 32.2. The summed E-state index contributed by atoms with van der Waals surface area (Å²) in [6, 6.07) is 7.49. The van der Waals surface area contributed by atoms with Crippen molar-refractivity contribution < 1.29 is 8.42 Å². The predicted molar refractivity (Wildman–Crippen MR) is 39.6 cm³/mol. The first-order chi connectivity index (χ1) is 5.17. The van der Waals surface area contributed by atoms with Crippen molar-refractivity contribution in [3.8, 4) is 0 Å². The third kappa shape index (κ3) is 1.03. The molecule has 0 saturated heterocycles. The molecule has 2 radical (unpaired) electrons. The third-order valence-electron chi connectivity index (χ3n) is 1.30. The Morgan fingerprint density at radius 1 is 1.55 bits per heavy atom. The summed E-state index contributed by atoms with van der Waals surface area (Å²) in [6.45, 7) is 0. The van der Waals surface area contributed by atoms with Gasteiger partial charge in [-0.3, -0.25) is 4.72 Å². The van der Waals surface area contributed by atoms with Gasteiger partial charge in [0.05, 0.1) is 5.69 Å². The molecule has 2 rings (SSSR count). The van der Waals surface area contributed by atoms with Crippen molar-refractivity contribution in [3.63, 3.8) is 0 Å². The molecule has 0 aromatic heterocycles. The van der Waals surface area contributed by atoms with Crippen LogP contribution in [0.1, 0.15) is 0 Å². The Bertz CT molecular complexity index is 354. The van der Waals surface area contributed by atoms with Crippen LogP contribution < -0.4 is 9.44 Å². The molecule has 0 bridgehead atoms. The van der Waals surface area contributed by atoms with Gasteiger partial charge in [0.2, 0.25) is 0 Å². The summed E-state index contributed by atoms with van der Waals surface area (Å²) in [5.74, 6) is 0. The molecule has 0 fully saturated rings. The number of hydrogen-bond donors (Lipinski definition) is 1. The highest BCUT2D eigenvalue weighted by Crippen LogP contribution is 2.28. The minimum absolute atomic E-state index is 0.424. The Morgan fingerprint density at radius 2 is 2.36 bits per heavy atom. The number of hydrogen-bond acceptors (Lipinski definition) is 2. The number of rotatable bonds is 0. The molecule has 0 saturated carbocycles. The zero-order valence-corrected chi connectivity index (χ0v) is 6.22. The van der Waals surface area contributed by atoms with Gasteiger partial charge < -0.3 is 0 Å². The van der Waals surface area contributed by atoms with Crippen LogP contribution in [0, 0.1) is 6.07 Å². The Kier molecular flexibility index (Phi) is 1.11.